The van der Waals surface area contributed by atoms with Crippen molar-refractivity contribution < 1.29 is 20.4 Å². The van der Waals surface area contributed by atoms with Crippen molar-refractivity contribution in [3.63, 3.8) is 0 Å². The Morgan fingerprint density at radius 2 is 0.711 bits per heavy atom. The Balaban J connectivity index is 1.50. The van der Waals surface area contributed by atoms with E-state index in [1.807, 2.05) is 48.5 Å². The summed E-state index contributed by atoms with van der Waals surface area (Å²) in [6, 6.07) is 27.9. The SMILES string of the molecule is Oc1ccccc1C(N[C@@H]1CCCC[C@H]1NC(c1ccccc1O)c1ccccc1O)c1ccccc1O. The molecule has 1 fully saturated rings. The Kier molecular flexibility index (Phi) is 7.82. The normalized spacial score (nSPS) is 17.6. The van der Waals surface area contributed by atoms with Crippen LogP contribution < -0.4 is 10.6 Å². The molecule has 1 aliphatic rings. The molecule has 0 bridgehead atoms. The zero-order valence-electron chi connectivity index (χ0n) is 21.2. The van der Waals surface area contributed by atoms with Gasteiger partial charge < -0.3 is 31.1 Å². The molecule has 2 atom stereocenters. The average Bonchev–Trinajstić information content (AvgIpc) is 2.93. The molecule has 6 nitrogen and oxygen atoms in total. The van der Waals surface area contributed by atoms with E-state index in [9.17, 15) is 20.4 Å². The van der Waals surface area contributed by atoms with E-state index in [1.165, 1.54) is 0 Å². The van der Waals surface area contributed by atoms with E-state index in [0.717, 1.165) is 25.7 Å². The molecule has 0 saturated heterocycles. The number of benzene rings is 4. The summed E-state index contributed by atoms with van der Waals surface area (Å²) in [5, 5.41) is 50.5. The molecule has 0 spiro atoms. The largest absolute Gasteiger partial charge is 0.508 e. The van der Waals surface area contributed by atoms with Crippen molar-refractivity contribution in [1.82, 2.24) is 10.6 Å². The van der Waals surface area contributed by atoms with Crippen molar-refractivity contribution >= 4 is 0 Å². The second-order valence-corrected chi connectivity index (χ2v) is 9.93. The van der Waals surface area contributed by atoms with Crippen molar-refractivity contribution in [2.45, 2.75) is 49.9 Å². The van der Waals surface area contributed by atoms with Crippen LogP contribution in [-0.2, 0) is 0 Å². The minimum Gasteiger partial charge on any atom is -0.508 e. The van der Waals surface area contributed by atoms with E-state index in [-0.39, 0.29) is 35.1 Å². The van der Waals surface area contributed by atoms with Crippen LogP contribution in [0.2, 0.25) is 0 Å². The van der Waals surface area contributed by atoms with Crippen molar-refractivity contribution in [3.8, 4) is 23.0 Å². The van der Waals surface area contributed by atoms with Gasteiger partial charge in [0.1, 0.15) is 23.0 Å². The first-order chi connectivity index (χ1) is 18.5. The van der Waals surface area contributed by atoms with Gasteiger partial charge in [0.2, 0.25) is 0 Å². The third kappa shape index (κ3) is 5.47. The highest BCUT2D eigenvalue weighted by molar-refractivity contribution is 5.47. The number of phenols is 4. The molecule has 196 valence electrons. The summed E-state index contributed by atoms with van der Waals surface area (Å²) in [6.45, 7) is 0. The molecule has 6 heteroatoms. The molecule has 5 rings (SSSR count). The van der Waals surface area contributed by atoms with Crippen LogP contribution in [0.3, 0.4) is 0 Å². The lowest BCUT2D eigenvalue weighted by Gasteiger charge is -2.38. The molecule has 4 aromatic carbocycles. The van der Waals surface area contributed by atoms with Crippen LogP contribution in [0.4, 0.5) is 0 Å². The number of para-hydroxylation sites is 4. The average molecular weight is 511 g/mol. The lowest BCUT2D eigenvalue weighted by Crippen LogP contribution is -2.52. The molecular formula is C32H34N2O4. The molecule has 0 aromatic heterocycles. The topological polar surface area (TPSA) is 105 Å². The molecule has 0 heterocycles. The lowest BCUT2D eigenvalue weighted by atomic mass is 9.86. The van der Waals surface area contributed by atoms with Crippen molar-refractivity contribution in [1.29, 1.82) is 0 Å². The number of nitrogens with one attached hydrogen (secondary N) is 2. The number of phenolic OH excluding ortho intramolecular Hbond substituents is 4. The maximum atomic E-state index is 10.7. The maximum absolute atomic E-state index is 10.7. The van der Waals surface area contributed by atoms with Crippen LogP contribution in [0.15, 0.2) is 97.1 Å². The van der Waals surface area contributed by atoms with Gasteiger partial charge >= 0.3 is 0 Å². The Morgan fingerprint density at radius 3 is 0.974 bits per heavy atom. The van der Waals surface area contributed by atoms with E-state index in [4.69, 9.17) is 0 Å². The number of hydrogen-bond acceptors (Lipinski definition) is 6. The van der Waals surface area contributed by atoms with Gasteiger partial charge in [-0.2, -0.15) is 0 Å². The Labute approximate surface area is 223 Å². The summed E-state index contributed by atoms with van der Waals surface area (Å²) in [5.41, 5.74) is 2.76. The Bertz CT molecular complexity index is 1180. The van der Waals surface area contributed by atoms with Gasteiger partial charge in [-0.3, -0.25) is 0 Å². The van der Waals surface area contributed by atoms with Crippen molar-refractivity contribution in [3.05, 3.63) is 119 Å². The molecular weight excluding hydrogens is 476 g/mol. The van der Waals surface area contributed by atoms with E-state index < -0.39 is 12.1 Å². The highest BCUT2D eigenvalue weighted by Crippen LogP contribution is 2.38. The van der Waals surface area contributed by atoms with Gasteiger partial charge in [0.15, 0.2) is 0 Å². The van der Waals surface area contributed by atoms with E-state index in [1.54, 1.807) is 48.5 Å². The molecule has 0 unspecified atom stereocenters. The van der Waals surface area contributed by atoms with Crippen LogP contribution >= 0.6 is 0 Å². The fraction of sp³-hybridized carbons (Fsp3) is 0.250. The molecule has 6 N–H and O–H groups in total. The predicted molar refractivity (Wildman–Crippen MR) is 148 cm³/mol. The number of aromatic hydroxyl groups is 4. The number of rotatable bonds is 8. The van der Waals surface area contributed by atoms with Crippen molar-refractivity contribution in [2.24, 2.45) is 0 Å². The van der Waals surface area contributed by atoms with Crippen LogP contribution in [-0.4, -0.2) is 32.5 Å². The Morgan fingerprint density at radius 1 is 0.447 bits per heavy atom. The molecule has 4 aromatic rings. The smallest absolute Gasteiger partial charge is 0.120 e. The molecule has 0 radical (unpaired) electrons. The summed E-state index contributed by atoms with van der Waals surface area (Å²) < 4.78 is 0. The fourth-order valence-electron chi connectivity index (χ4n) is 5.58. The van der Waals surface area contributed by atoms with Gasteiger partial charge in [-0.15, -0.1) is 0 Å². The summed E-state index contributed by atoms with van der Waals surface area (Å²) in [6.07, 6.45) is 3.87. The van der Waals surface area contributed by atoms with Crippen molar-refractivity contribution in [2.75, 3.05) is 0 Å². The van der Waals surface area contributed by atoms with Crippen LogP contribution in [0.25, 0.3) is 0 Å². The van der Waals surface area contributed by atoms with Crippen LogP contribution in [0, 0.1) is 0 Å². The predicted octanol–water partition coefficient (Wildman–Crippen LogP) is 5.88. The zero-order chi connectivity index (χ0) is 26.5. The van der Waals surface area contributed by atoms with Gasteiger partial charge in [0.05, 0.1) is 12.1 Å². The van der Waals surface area contributed by atoms with Gasteiger partial charge in [-0.1, -0.05) is 85.6 Å². The third-order valence-electron chi connectivity index (χ3n) is 7.52. The summed E-state index contributed by atoms with van der Waals surface area (Å²) in [4.78, 5) is 0. The van der Waals surface area contributed by atoms with Gasteiger partial charge in [-0.25, -0.2) is 0 Å². The maximum Gasteiger partial charge on any atom is 0.120 e. The zero-order valence-corrected chi connectivity index (χ0v) is 21.2. The van der Waals surface area contributed by atoms with Crippen LogP contribution in [0.5, 0.6) is 23.0 Å². The van der Waals surface area contributed by atoms with Gasteiger partial charge in [-0.05, 0) is 37.1 Å². The first-order valence-electron chi connectivity index (χ1n) is 13.2. The minimum absolute atomic E-state index is 0.00725. The fourth-order valence-corrected chi connectivity index (χ4v) is 5.58. The highest BCUT2D eigenvalue weighted by atomic mass is 16.3. The second kappa shape index (κ2) is 11.6. The quantitative estimate of drug-likeness (QED) is 0.177. The molecule has 1 saturated carbocycles. The van der Waals surface area contributed by atoms with E-state index in [0.29, 0.717) is 22.3 Å². The molecule has 0 amide bonds. The standard InChI is InChI=1S/C32H34N2O4/c35-27-17-7-1-11-21(27)31(22-12-2-8-18-28(22)36)33-25-15-5-6-16-26(25)34-32(23-13-3-9-19-29(23)37)24-14-4-10-20-30(24)38/h1-4,7-14,17-20,25-26,31-38H,5-6,15-16H2/t25-,26-/m1/s1. The summed E-state index contributed by atoms with van der Waals surface area (Å²) in [7, 11) is 0. The van der Waals surface area contributed by atoms with Gasteiger partial charge in [0, 0.05) is 34.3 Å². The molecule has 1 aliphatic carbocycles. The summed E-state index contributed by atoms with van der Waals surface area (Å²) in [5.74, 6) is 0.648. The molecule has 0 aliphatic heterocycles. The summed E-state index contributed by atoms with van der Waals surface area (Å²) >= 11 is 0. The second-order valence-electron chi connectivity index (χ2n) is 9.93. The van der Waals surface area contributed by atoms with E-state index >= 15 is 0 Å². The van der Waals surface area contributed by atoms with Gasteiger partial charge in [0.25, 0.3) is 0 Å². The van der Waals surface area contributed by atoms with Crippen LogP contribution in [0.1, 0.15) is 60.0 Å². The molecule has 38 heavy (non-hydrogen) atoms. The monoisotopic (exact) mass is 510 g/mol. The first kappa shape index (κ1) is 25.6. The Hall–Kier alpha value is -4.00. The number of hydrogen-bond donors (Lipinski definition) is 6. The minimum atomic E-state index is -0.432. The third-order valence-corrected chi connectivity index (χ3v) is 7.52. The lowest BCUT2D eigenvalue weighted by molar-refractivity contribution is 0.257. The first-order valence-corrected chi connectivity index (χ1v) is 13.2. The highest BCUT2D eigenvalue weighted by Gasteiger charge is 2.33. The van der Waals surface area contributed by atoms with E-state index in [2.05, 4.69) is 10.6 Å².